The van der Waals surface area contributed by atoms with E-state index in [1.54, 1.807) is 6.20 Å². The fourth-order valence-corrected chi connectivity index (χ4v) is 4.69. The number of nitrogens with one attached hydrogen (secondary N) is 1. The number of carbonyl (C=O) groups excluding carboxylic acids is 2. The smallest absolute Gasteiger partial charge is 0.253 e. The first-order chi connectivity index (χ1) is 16.5. The zero-order chi connectivity index (χ0) is 23.9. The van der Waals surface area contributed by atoms with E-state index < -0.39 is 0 Å². The quantitative estimate of drug-likeness (QED) is 0.477. The fourth-order valence-electron chi connectivity index (χ4n) is 4.29. The maximum Gasteiger partial charge on any atom is 0.253 e. The highest BCUT2D eigenvalue weighted by Crippen LogP contribution is 2.23. The van der Waals surface area contributed by atoms with Crippen molar-refractivity contribution in [3.05, 3.63) is 88.5 Å². The van der Waals surface area contributed by atoms with E-state index in [-0.39, 0.29) is 17.7 Å². The summed E-state index contributed by atoms with van der Waals surface area (Å²) in [4.78, 5) is 34.4. The largest absolute Gasteiger partial charge is 0.355 e. The molecule has 1 atom stereocenters. The molecule has 34 heavy (non-hydrogen) atoms. The molecule has 1 aliphatic rings. The third-order valence-electron chi connectivity index (χ3n) is 6.12. The Labute approximate surface area is 209 Å². The Kier molecular flexibility index (Phi) is 7.95. The molecule has 2 amide bonds. The van der Waals surface area contributed by atoms with Crippen molar-refractivity contribution in [3.8, 4) is 0 Å². The number of halogens is 1. The molecule has 1 aliphatic heterocycles. The van der Waals surface area contributed by atoms with Crippen LogP contribution >= 0.6 is 15.9 Å². The summed E-state index contributed by atoms with van der Waals surface area (Å²) in [7, 11) is 0. The maximum atomic E-state index is 12.9. The fraction of sp³-hybridized carbons (Fsp3) is 0.296. The lowest BCUT2D eigenvalue weighted by Crippen LogP contribution is -2.35. The van der Waals surface area contributed by atoms with Gasteiger partial charge < -0.3 is 15.1 Å². The van der Waals surface area contributed by atoms with E-state index in [1.165, 1.54) is 0 Å². The van der Waals surface area contributed by atoms with Gasteiger partial charge in [-0.05, 0) is 48.7 Å². The van der Waals surface area contributed by atoms with Crippen LogP contribution < -0.4 is 10.2 Å². The molecule has 6 nitrogen and oxygen atoms in total. The lowest BCUT2D eigenvalue weighted by atomic mass is 9.95. The van der Waals surface area contributed by atoms with Crippen LogP contribution in [0.2, 0.25) is 0 Å². The number of hydrogen-bond donors (Lipinski definition) is 1. The van der Waals surface area contributed by atoms with Gasteiger partial charge in [-0.1, -0.05) is 59.3 Å². The Morgan fingerprint density at radius 3 is 2.53 bits per heavy atom. The molecule has 2 aromatic carbocycles. The molecular formula is C27H29BrN4O2. The van der Waals surface area contributed by atoms with Crippen LogP contribution in [0.3, 0.4) is 0 Å². The molecule has 4 rings (SSSR count). The monoisotopic (exact) mass is 520 g/mol. The number of carbonyl (C=O) groups is 2. The number of anilines is 2. The molecule has 1 fully saturated rings. The van der Waals surface area contributed by atoms with Gasteiger partial charge in [0.25, 0.3) is 5.91 Å². The number of benzene rings is 2. The summed E-state index contributed by atoms with van der Waals surface area (Å²) in [5.74, 6) is 0.683. The van der Waals surface area contributed by atoms with Crippen LogP contribution in [0.4, 0.5) is 11.5 Å². The number of rotatable bonds is 6. The van der Waals surface area contributed by atoms with Gasteiger partial charge in [-0.2, -0.15) is 0 Å². The molecule has 176 valence electrons. The van der Waals surface area contributed by atoms with Crippen molar-refractivity contribution in [2.45, 2.75) is 25.7 Å². The van der Waals surface area contributed by atoms with Gasteiger partial charge in [-0.3, -0.25) is 9.59 Å². The minimum Gasteiger partial charge on any atom is -0.355 e. The Morgan fingerprint density at radius 2 is 1.82 bits per heavy atom. The molecule has 0 saturated carbocycles. The van der Waals surface area contributed by atoms with E-state index in [9.17, 15) is 9.59 Å². The van der Waals surface area contributed by atoms with E-state index in [1.807, 2.05) is 78.6 Å². The second kappa shape index (κ2) is 11.3. The average molecular weight is 521 g/mol. The predicted octanol–water partition coefficient (Wildman–Crippen LogP) is 5.33. The molecule has 0 bridgehead atoms. The predicted molar refractivity (Wildman–Crippen MR) is 139 cm³/mol. The Hall–Kier alpha value is -3.19. The molecule has 0 spiro atoms. The third-order valence-corrected chi connectivity index (χ3v) is 6.61. The van der Waals surface area contributed by atoms with Crippen molar-refractivity contribution in [1.29, 1.82) is 0 Å². The van der Waals surface area contributed by atoms with Crippen molar-refractivity contribution in [2.24, 2.45) is 0 Å². The molecule has 0 aliphatic carbocycles. The van der Waals surface area contributed by atoms with E-state index in [0.717, 1.165) is 35.2 Å². The zero-order valence-corrected chi connectivity index (χ0v) is 20.9. The standard InChI is InChI=1S/C27H29BrN4O2/c1-2-24(20-8-4-3-5-9-20)26(33)30-23-12-13-25(29-19-23)31-14-7-15-32(17-16-31)27(34)21-10-6-11-22(28)18-21/h3-6,8-13,18-19,24H,2,7,14-17H2,1H3,(H,30,33)/t24-/m1/s1. The van der Waals surface area contributed by atoms with Crippen molar-refractivity contribution < 1.29 is 9.59 Å². The normalized spacial score (nSPS) is 14.9. The van der Waals surface area contributed by atoms with Crippen LogP contribution in [0, 0.1) is 0 Å². The van der Waals surface area contributed by atoms with Crippen LogP contribution in [-0.4, -0.2) is 47.9 Å². The van der Waals surface area contributed by atoms with Gasteiger partial charge in [0.05, 0.1) is 17.8 Å². The molecule has 2 heterocycles. The maximum absolute atomic E-state index is 12.9. The number of nitrogens with zero attached hydrogens (tertiary/aromatic N) is 3. The molecule has 1 saturated heterocycles. The summed E-state index contributed by atoms with van der Waals surface area (Å²) in [5, 5.41) is 3.00. The number of amides is 2. The number of aromatic nitrogens is 1. The first-order valence-corrected chi connectivity index (χ1v) is 12.5. The third kappa shape index (κ3) is 5.83. The molecule has 1 N–H and O–H groups in total. The first kappa shape index (κ1) is 24.0. The van der Waals surface area contributed by atoms with Crippen LogP contribution in [0.15, 0.2) is 77.4 Å². The van der Waals surface area contributed by atoms with E-state index in [4.69, 9.17) is 0 Å². The molecule has 7 heteroatoms. The molecule has 1 aromatic heterocycles. The van der Waals surface area contributed by atoms with Gasteiger partial charge in [-0.25, -0.2) is 4.98 Å². The molecule has 3 aromatic rings. The second-order valence-electron chi connectivity index (χ2n) is 8.41. The summed E-state index contributed by atoms with van der Waals surface area (Å²) in [6.07, 6.45) is 3.31. The van der Waals surface area contributed by atoms with Crippen LogP contribution in [-0.2, 0) is 4.79 Å². The van der Waals surface area contributed by atoms with Crippen molar-refractivity contribution in [3.63, 3.8) is 0 Å². The highest BCUT2D eigenvalue weighted by molar-refractivity contribution is 9.10. The van der Waals surface area contributed by atoms with Gasteiger partial charge in [0.1, 0.15) is 5.82 Å². The molecule has 0 radical (unpaired) electrons. The molecule has 0 unspecified atom stereocenters. The Morgan fingerprint density at radius 1 is 1.00 bits per heavy atom. The van der Waals surface area contributed by atoms with E-state index >= 15 is 0 Å². The summed E-state index contributed by atoms with van der Waals surface area (Å²) in [5.41, 5.74) is 2.39. The first-order valence-electron chi connectivity index (χ1n) is 11.7. The van der Waals surface area contributed by atoms with Crippen LogP contribution in [0.5, 0.6) is 0 Å². The summed E-state index contributed by atoms with van der Waals surface area (Å²) in [6, 6.07) is 21.2. The van der Waals surface area contributed by atoms with Gasteiger partial charge >= 0.3 is 0 Å². The highest BCUT2D eigenvalue weighted by Gasteiger charge is 2.22. The summed E-state index contributed by atoms with van der Waals surface area (Å²) < 4.78 is 0.903. The highest BCUT2D eigenvalue weighted by atomic mass is 79.9. The lowest BCUT2D eigenvalue weighted by molar-refractivity contribution is -0.117. The van der Waals surface area contributed by atoms with Crippen molar-refractivity contribution >= 4 is 39.2 Å². The zero-order valence-electron chi connectivity index (χ0n) is 19.3. The summed E-state index contributed by atoms with van der Waals surface area (Å²) in [6.45, 7) is 4.91. The van der Waals surface area contributed by atoms with Gasteiger partial charge in [0.2, 0.25) is 5.91 Å². The average Bonchev–Trinajstić information content (AvgIpc) is 3.12. The van der Waals surface area contributed by atoms with Crippen LogP contribution in [0.1, 0.15) is 41.6 Å². The minimum absolute atomic E-state index is 0.0280. The van der Waals surface area contributed by atoms with Gasteiger partial charge in [-0.15, -0.1) is 0 Å². The minimum atomic E-state index is -0.194. The van der Waals surface area contributed by atoms with E-state index in [2.05, 4.69) is 31.1 Å². The van der Waals surface area contributed by atoms with Crippen molar-refractivity contribution in [2.75, 3.05) is 36.4 Å². The SMILES string of the molecule is CC[C@@H](C(=O)Nc1ccc(N2CCCN(C(=O)c3cccc(Br)c3)CC2)nc1)c1ccccc1. The Balaban J connectivity index is 1.36. The lowest BCUT2D eigenvalue weighted by Gasteiger charge is -2.23. The van der Waals surface area contributed by atoms with Gasteiger partial charge in [0.15, 0.2) is 0 Å². The second-order valence-corrected chi connectivity index (χ2v) is 9.32. The number of hydrogen-bond acceptors (Lipinski definition) is 4. The molecular weight excluding hydrogens is 492 g/mol. The van der Waals surface area contributed by atoms with E-state index in [0.29, 0.717) is 30.9 Å². The number of pyridine rings is 1. The van der Waals surface area contributed by atoms with Gasteiger partial charge in [0, 0.05) is 36.2 Å². The summed E-state index contributed by atoms with van der Waals surface area (Å²) >= 11 is 3.44. The Bertz CT molecular complexity index is 1120. The topological polar surface area (TPSA) is 65.5 Å². The van der Waals surface area contributed by atoms with Crippen LogP contribution in [0.25, 0.3) is 0 Å². The van der Waals surface area contributed by atoms with Crippen molar-refractivity contribution in [1.82, 2.24) is 9.88 Å².